The molecule has 0 aromatic carbocycles. The molecule has 0 amide bonds. The van der Waals surface area contributed by atoms with E-state index in [-0.39, 0.29) is 22.7 Å². The van der Waals surface area contributed by atoms with Gasteiger partial charge in [-0.3, -0.25) is 0 Å². The predicted octanol–water partition coefficient (Wildman–Crippen LogP) is 2.45. The normalized spacial score (nSPS) is 48.8. The summed E-state index contributed by atoms with van der Waals surface area (Å²) in [4.78, 5) is 11.4. The second-order valence-electron chi connectivity index (χ2n) is 7.21. The molecular weight excluding hydrogens is 228 g/mol. The molecule has 0 aliphatic heterocycles. The van der Waals surface area contributed by atoms with Gasteiger partial charge in [0.1, 0.15) is 0 Å². The van der Waals surface area contributed by atoms with E-state index < -0.39 is 12.1 Å². The Balaban J connectivity index is 2.11. The minimum Gasteiger partial charge on any atom is -0.478 e. The zero-order valence-electron chi connectivity index (χ0n) is 11.3. The van der Waals surface area contributed by atoms with E-state index in [0.29, 0.717) is 11.5 Å². The maximum Gasteiger partial charge on any atom is 0.331 e. The average Bonchev–Trinajstić information content (AvgIpc) is 2.79. The molecule has 2 saturated carbocycles. The smallest absolute Gasteiger partial charge is 0.331 e. The van der Waals surface area contributed by atoms with Crippen molar-refractivity contribution in [2.45, 2.75) is 46.1 Å². The van der Waals surface area contributed by atoms with Gasteiger partial charge in [0, 0.05) is 11.5 Å². The van der Waals surface area contributed by atoms with E-state index in [1.807, 2.05) is 6.08 Å². The number of aliphatic carboxylic acids is 1. The highest BCUT2D eigenvalue weighted by Gasteiger charge is 2.67. The molecule has 2 fully saturated rings. The van der Waals surface area contributed by atoms with Gasteiger partial charge >= 0.3 is 5.97 Å². The highest BCUT2D eigenvalue weighted by molar-refractivity contribution is 5.88. The van der Waals surface area contributed by atoms with Gasteiger partial charge in [0.15, 0.2) is 0 Å². The van der Waals surface area contributed by atoms with Crippen LogP contribution in [0.25, 0.3) is 0 Å². The average molecular weight is 250 g/mol. The third kappa shape index (κ3) is 1.21. The molecule has 3 heteroatoms. The first-order valence-corrected chi connectivity index (χ1v) is 6.94. The fraction of sp³-hybridized carbons (Fsp3) is 0.800. The lowest BCUT2D eigenvalue weighted by Gasteiger charge is -2.36. The summed E-state index contributed by atoms with van der Waals surface area (Å²) >= 11 is 0. The summed E-state index contributed by atoms with van der Waals surface area (Å²) < 4.78 is 0. The Morgan fingerprint density at radius 3 is 2.67 bits per heavy atom. The highest BCUT2D eigenvalue weighted by atomic mass is 16.4. The first kappa shape index (κ1) is 12.2. The van der Waals surface area contributed by atoms with E-state index in [0.717, 1.165) is 19.3 Å². The Labute approximate surface area is 108 Å². The topological polar surface area (TPSA) is 57.5 Å². The van der Waals surface area contributed by atoms with Gasteiger partial charge in [-0.25, -0.2) is 4.79 Å². The van der Waals surface area contributed by atoms with Gasteiger partial charge in [0.05, 0.1) is 6.10 Å². The maximum atomic E-state index is 11.4. The van der Waals surface area contributed by atoms with Crippen LogP contribution in [0.5, 0.6) is 0 Å². The summed E-state index contributed by atoms with van der Waals surface area (Å²) in [6.07, 6.45) is 4.48. The zero-order chi connectivity index (χ0) is 13.3. The Kier molecular flexibility index (Phi) is 2.30. The number of rotatable bonds is 1. The minimum absolute atomic E-state index is 0.0106. The lowest BCUT2D eigenvalue weighted by Crippen LogP contribution is -2.33. The van der Waals surface area contributed by atoms with Crippen molar-refractivity contribution in [1.82, 2.24) is 0 Å². The van der Waals surface area contributed by atoms with Crippen LogP contribution < -0.4 is 0 Å². The Morgan fingerprint density at radius 1 is 1.39 bits per heavy atom. The molecule has 1 spiro atoms. The predicted molar refractivity (Wildman–Crippen MR) is 67.9 cm³/mol. The molecule has 5 atom stereocenters. The highest BCUT2D eigenvalue weighted by Crippen LogP contribution is 2.70. The zero-order valence-corrected chi connectivity index (χ0v) is 11.3. The number of aliphatic hydroxyl groups is 1. The molecule has 0 aromatic rings. The molecule has 2 N–H and O–H groups in total. The summed E-state index contributed by atoms with van der Waals surface area (Å²) in [5, 5.41) is 19.9. The summed E-state index contributed by atoms with van der Waals surface area (Å²) in [6, 6.07) is 0. The van der Waals surface area contributed by atoms with Crippen molar-refractivity contribution >= 4 is 5.97 Å². The number of hydrogen-bond donors (Lipinski definition) is 2. The Bertz CT molecular complexity index is 437. The molecule has 3 aliphatic rings. The van der Waals surface area contributed by atoms with Crippen molar-refractivity contribution in [3.05, 3.63) is 11.6 Å². The number of aliphatic hydroxyl groups excluding tert-OH is 1. The van der Waals surface area contributed by atoms with Crippen LogP contribution in [0.15, 0.2) is 11.6 Å². The molecule has 0 heterocycles. The Morgan fingerprint density at radius 2 is 2.06 bits per heavy atom. The quantitative estimate of drug-likeness (QED) is 0.751. The monoisotopic (exact) mass is 250 g/mol. The van der Waals surface area contributed by atoms with Crippen molar-refractivity contribution < 1.29 is 15.0 Å². The van der Waals surface area contributed by atoms with Gasteiger partial charge < -0.3 is 10.2 Å². The van der Waals surface area contributed by atoms with E-state index in [1.54, 1.807) is 0 Å². The minimum atomic E-state index is -0.784. The van der Waals surface area contributed by atoms with Crippen LogP contribution in [0.3, 0.4) is 0 Å². The number of carboxylic acids is 1. The number of hydrogen-bond acceptors (Lipinski definition) is 2. The molecular formula is C15H22O3. The first-order valence-electron chi connectivity index (χ1n) is 6.94. The van der Waals surface area contributed by atoms with Crippen molar-refractivity contribution in [2.75, 3.05) is 0 Å². The van der Waals surface area contributed by atoms with Gasteiger partial charge in [0.25, 0.3) is 0 Å². The largest absolute Gasteiger partial charge is 0.478 e. The fourth-order valence-electron chi connectivity index (χ4n) is 5.17. The summed E-state index contributed by atoms with van der Waals surface area (Å²) in [5.74, 6) is -0.0718. The van der Waals surface area contributed by atoms with Crippen LogP contribution in [0.4, 0.5) is 0 Å². The lowest BCUT2D eigenvalue weighted by atomic mass is 9.67. The van der Waals surface area contributed by atoms with Gasteiger partial charge in [-0.15, -0.1) is 0 Å². The lowest BCUT2D eigenvalue weighted by molar-refractivity contribution is -0.133. The molecule has 18 heavy (non-hydrogen) atoms. The summed E-state index contributed by atoms with van der Waals surface area (Å²) in [5.41, 5.74) is 0.484. The molecule has 3 aliphatic carbocycles. The molecule has 3 rings (SSSR count). The third-order valence-corrected chi connectivity index (χ3v) is 5.96. The summed E-state index contributed by atoms with van der Waals surface area (Å²) in [7, 11) is 0. The van der Waals surface area contributed by atoms with E-state index in [2.05, 4.69) is 20.8 Å². The maximum absolute atomic E-state index is 11.4. The van der Waals surface area contributed by atoms with Crippen LogP contribution in [-0.4, -0.2) is 22.3 Å². The van der Waals surface area contributed by atoms with Gasteiger partial charge in [-0.2, -0.15) is 0 Å². The van der Waals surface area contributed by atoms with E-state index in [9.17, 15) is 15.0 Å². The van der Waals surface area contributed by atoms with Gasteiger partial charge in [-0.05, 0) is 41.9 Å². The van der Waals surface area contributed by atoms with E-state index in [4.69, 9.17) is 0 Å². The molecule has 0 saturated heterocycles. The van der Waals surface area contributed by atoms with Crippen LogP contribution in [-0.2, 0) is 4.79 Å². The molecule has 100 valence electrons. The SMILES string of the molecule is C[C@@H]1CC[C@@H]2C(C(=O)O)=C[C@@H]3[C@H](O)C(C)(C)C[C@@]123. The Hall–Kier alpha value is -0.830. The third-order valence-electron chi connectivity index (χ3n) is 5.96. The van der Waals surface area contributed by atoms with Crippen molar-refractivity contribution in [1.29, 1.82) is 0 Å². The van der Waals surface area contributed by atoms with Crippen LogP contribution in [0.1, 0.15) is 40.0 Å². The molecule has 0 aromatic heterocycles. The second kappa shape index (κ2) is 3.38. The number of carbonyl (C=O) groups is 1. The van der Waals surface area contributed by atoms with Gasteiger partial charge in [-0.1, -0.05) is 26.8 Å². The molecule has 3 nitrogen and oxygen atoms in total. The van der Waals surface area contributed by atoms with Crippen molar-refractivity contribution in [3.8, 4) is 0 Å². The van der Waals surface area contributed by atoms with Crippen molar-refractivity contribution in [2.24, 2.45) is 28.6 Å². The second-order valence-corrected chi connectivity index (χ2v) is 7.21. The molecule has 0 bridgehead atoms. The van der Waals surface area contributed by atoms with Crippen LogP contribution in [0.2, 0.25) is 0 Å². The van der Waals surface area contributed by atoms with E-state index in [1.165, 1.54) is 0 Å². The van der Waals surface area contributed by atoms with E-state index >= 15 is 0 Å². The van der Waals surface area contributed by atoms with Crippen LogP contribution in [0, 0.1) is 28.6 Å². The standard InChI is InChI=1S/C15H22O3/c1-8-4-5-10-9(13(17)18)6-11-12(16)14(2,3)7-15(8,10)11/h6,8,10-12,16H,4-5,7H2,1-3H3,(H,17,18)/t8-,10-,11-,12+,15-/m1/s1. The first-order chi connectivity index (χ1) is 8.30. The van der Waals surface area contributed by atoms with Crippen molar-refractivity contribution in [3.63, 3.8) is 0 Å². The van der Waals surface area contributed by atoms with Crippen LogP contribution >= 0.6 is 0 Å². The van der Waals surface area contributed by atoms with Gasteiger partial charge in [0.2, 0.25) is 0 Å². The fourth-order valence-corrected chi connectivity index (χ4v) is 5.17. The molecule has 0 radical (unpaired) electrons. The molecule has 0 unspecified atom stereocenters. The summed E-state index contributed by atoms with van der Waals surface area (Å²) in [6.45, 7) is 6.46. The number of carboxylic acid groups (broad SMARTS) is 1.